The Morgan fingerprint density at radius 1 is 1.17 bits per heavy atom. The van der Waals surface area contributed by atoms with Gasteiger partial charge in [0, 0.05) is 24.2 Å². The zero-order chi connectivity index (χ0) is 21.6. The molecule has 8 nitrogen and oxygen atoms in total. The molecule has 2 aromatic carbocycles. The molecule has 2 rings (SSSR count). The Labute approximate surface area is 176 Å². The van der Waals surface area contributed by atoms with Crippen LogP contribution >= 0.6 is 11.6 Å². The van der Waals surface area contributed by atoms with Crippen molar-refractivity contribution in [1.82, 2.24) is 9.62 Å². The summed E-state index contributed by atoms with van der Waals surface area (Å²) in [5, 5.41) is 15.3. The lowest BCUT2D eigenvalue weighted by Gasteiger charge is -2.19. The fraction of sp³-hybridized carbons (Fsp3) is 0.368. The van der Waals surface area contributed by atoms with Crippen molar-refractivity contribution >= 4 is 33.0 Å². The topological polar surface area (TPSA) is 105 Å². The van der Waals surface area contributed by atoms with Crippen LogP contribution in [0.3, 0.4) is 0 Å². The van der Waals surface area contributed by atoms with E-state index in [0.29, 0.717) is 18.0 Å². The van der Waals surface area contributed by atoms with Crippen molar-refractivity contribution in [2.75, 3.05) is 32.5 Å². The summed E-state index contributed by atoms with van der Waals surface area (Å²) in [6.07, 6.45) is 0.672. The first-order valence-electron chi connectivity index (χ1n) is 9.09. The lowest BCUT2D eigenvalue weighted by Crippen LogP contribution is -2.31. The molecule has 0 bridgehead atoms. The molecule has 2 N–H and O–H groups in total. The number of hydrogen-bond acceptors (Lipinski definition) is 6. The summed E-state index contributed by atoms with van der Waals surface area (Å²) >= 11 is 5.92. The summed E-state index contributed by atoms with van der Waals surface area (Å²) in [5.74, 6) is 0. The van der Waals surface area contributed by atoms with Crippen molar-refractivity contribution in [3.63, 3.8) is 0 Å². The smallest absolute Gasteiger partial charge is 0.293 e. The third kappa shape index (κ3) is 6.40. The van der Waals surface area contributed by atoms with E-state index in [1.807, 2.05) is 38.1 Å². The van der Waals surface area contributed by atoms with Gasteiger partial charge in [-0.25, -0.2) is 13.1 Å². The van der Waals surface area contributed by atoms with Crippen molar-refractivity contribution in [2.45, 2.75) is 24.3 Å². The standard InChI is InChI=1S/C19H25ClN4O4S/c1-4-17(14-5-7-15(20)8-6-14)22-18-10-9-16(13-19(18)24(25)26)29(27,28)21-11-12-23(2)3/h5-10,13,17,21-22H,4,11-12H2,1-3H3. The average molecular weight is 441 g/mol. The maximum atomic E-state index is 12.4. The van der Waals surface area contributed by atoms with Gasteiger partial charge in [-0.05, 0) is 50.3 Å². The second-order valence-electron chi connectivity index (χ2n) is 6.79. The SMILES string of the molecule is CCC(Nc1ccc(S(=O)(=O)NCCN(C)C)cc1[N+](=O)[O-])c1ccc(Cl)cc1. The van der Waals surface area contributed by atoms with Gasteiger partial charge in [-0.15, -0.1) is 0 Å². The average Bonchev–Trinajstić information content (AvgIpc) is 2.66. The number of nitro groups is 1. The maximum absolute atomic E-state index is 12.4. The Morgan fingerprint density at radius 3 is 2.38 bits per heavy atom. The largest absolute Gasteiger partial charge is 0.373 e. The van der Waals surface area contributed by atoms with Gasteiger partial charge in [0.05, 0.1) is 15.9 Å². The molecule has 0 saturated carbocycles. The summed E-state index contributed by atoms with van der Waals surface area (Å²) < 4.78 is 27.3. The van der Waals surface area contributed by atoms with Crippen LogP contribution in [-0.2, 0) is 10.0 Å². The highest BCUT2D eigenvalue weighted by Crippen LogP contribution is 2.32. The number of nitrogens with zero attached hydrogens (tertiary/aromatic N) is 2. The van der Waals surface area contributed by atoms with Crippen LogP contribution in [0.1, 0.15) is 24.9 Å². The molecule has 0 aromatic heterocycles. The third-order valence-electron chi connectivity index (χ3n) is 4.34. The van der Waals surface area contributed by atoms with E-state index in [-0.39, 0.29) is 28.9 Å². The molecular formula is C19H25ClN4O4S. The Hall–Kier alpha value is -2.20. The maximum Gasteiger partial charge on any atom is 0.293 e. The monoisotopic (exact) mass is 440 g/mol. The molecular weight excluding hydrogens is 416 g/mol. The zero-order valence-electron chi connectivity index (χ0n) is 16.6. The minimum Gasteiger partial charge on any atom is -0.373 e. The molecule has 29 heavy (non-hydrogen) atoms. The highest BCUT2D eigenvalue weighted by molar-refractivity contribution is 7.89. The van der Waals surface area contributed by atoms with Gasteiger partial charge < -0.3 is 10.2 Å². The fourth-order valence-electron chi connectivity index (χ4n) is 2.74. The van der Waals surface area contributed by atoms with Crippen molar-refractivity contribution < 1.29 is 13.3 Å². The van der Waals surface area contributed by atoms with Crippen LogP contribution in [0.15, 0.2) is 47.4 Å². The number of rotatable bonds is 10. The number of anilines is 1. The normalized spacial score (nSPS) is 12.7. The van der Waals surface area contributed by atoms with E-state index in [4.69, 9.17) is 11.6 Å². The third-order valence-corrected chi connectivity index (χ3v) is 6.05. The van der Waals surface area contributed by atoms with E-state index in [0.717, 1.165) is 11.6 Å². The van der Waals surface area contributed by atoms with Crippen molar-refractivity contribution in [3.05, 3.63) is 63.2 Å². The lowest BCUT2D eigenvalue weighted by atomic mass is 10.0. The van der Waals surface area contributed by atoms with E-state index in [1.54, 1.807) is 12.1 Å². The second-order valence-corrected chi connectivity index (χ2v) is 9.00. The highest BCUT2D eigenvalue weighted by atomic mass is 35.5. The quantitative estimate of drug-likeness (QED) is 0.431. The number of benzene rings is 2. The molecule has 0 spiro atoms. The number of halogens is 1. The van der Waals surface area contributed by atoms with Crippen LogP contribution in [0.4, 0.5) is 11.4 Å². The van der Waals surface area contributed by atoms with Crippen LogP contribution in [-0.4, -0.2) is 45.4 Å². The van der Waals surface area contributed by atoms with Gasteiger partial charge in [0.25, 0.3) is 5.69 Å². The molecule has 0 aliphatic carbocycles. The summed E-state index contributed by atoms with van der Waals surface area (Å²) in [4.78, 5) is 12.7. The molecule has 0 heterocycles. The van der Waals surface area contributed by atoms with Crippen LogP contribution in [0.25, 0.3) is 0 Å². The molecule has 0 aliphatic rings. The number of sulfonamides is 1. The first-order chi connectivity index (χ1) is 13.6. The van der Waals surface area contributed by atoms with Crippen LogP contribution in [0, 0.1) is 10.1 Å². The molecule has 0 amide bonds. The predicted molar refractivity (Wildman–Crippen MR) is 115 cm³/mol. The van der Waals surface area contributed by atoms with E-state index < -0.39 is 14.9 Å². The first kappa shape index (κ1) is 23.1. The molecule has 0 fully saturated rings. The van der Waals surface area contributed by atoms with E-state index in [2.05, 4.69) is 10.0 Å². The second kappa shape index (κ2) is 10.0. The molecule has 0 aliphatic heterocycles. The van der Waals surface area contributed by atoms with Gasteiger partial charge in [0.1, 0.15) is 5.69 Å². The minimum absolute atomic E-state index is 0.145. The fourth-order valence-corrected chi connectivity index (χ4v) is 3.91. The molecule has 1 atom stereocenters. The molecule has 0 radical (unpaired) electrons. The predicted octanol–water partition coefficient (Wildman–Crippen LogP) is 3.65. The van der Waals surface area contributed by atoms with E-state index in [9.17, 15) is 18.5 Å². The number of nitrogens with one attached hydrogen (secondary N) is 2. The number of nitro benzene ring substituents is 1. The van der Waals surface area contributed by atoms with Crippen molar-refractivity contribution in [1.29, 1.82) is 0 Å². The molecule has 10 heteroatoms. The van der Waals surface area contributed by atoms with E-state index >= 15 is 0 Å². The van der Waals surface area contributed by atoms with Gasteiger partial charge in [-0.1, -0.05) is 30.7 Å². The van der Waals surface area contributed by atoms with Gasteiger partial charge in [0.15, 0.2) is 0 Å². The molecule has 1 unspecified atom stereocenters. The molecule has 0 saturated heterocycles. The van der Waals surface area contributed by atoms with Gasteiger partial charge in [0.2, 0.25) is 10.0 Å². The van der Waals surface area contributed by atoms with Crippen molar-refractivity contribution in [3.8, 4) is 0 Å². The lowest BCUT2D eigenvalue weighted by molar-refractivity contribution is -0.384. The number of hydrogen-bond donors (Lipinski definition) is 2. The van der Waals surface area contributed by atoms with Crippen LogP contribution in [0.5, 0.6) is 0 Å². The Balaban J connectivity index is 2.29. The summed E-state index contributed by atoms with van der Waals surface area (Å²) in [6, 6.07) is 10.9. The Bertz CT molecular complexity index is 949. The molecule has 2 aromatic rings. The summed E-state index contributed by atoms with van der Waals surface area (Å²) in [6.45, 7) is 2.67. The highest BCUT2D eigenvalue weighted by Gasteiger charge is 2.23. The number of likely N-dealkylation sites (N-methyl/N-ethyl adjacent to an activating group) is 1. The summed E-state index contributed by atoms with van der Waals surface area (Å²) in [7, 11) is -0.196. The Kier molecular flexibility index (Phi) is 7.97. The molecule has 158 valence electrons. The van der Waals surface area contributed by atoms with Gasteiger partial charge >= 0.3 is 0 Å². The minimum atomic E-state index is -3.84. The zero-order valence-corrected chi connectivity index (χ0v) is 18.1. The summed E-state index contributed by atoms with van der Waals surface area (Å²) in [5.41, 5.74) is 0.880. The Morgan fingerprint density at radius 2 is 1.83 bits per heavy atom. The first-order valence-corrected chi connectivity index (χ1v) is 10.9. The van der Waals surface area contributed by atoms with Crippen LogP contribution in [0.2, 0.25) is 5.02 Å². The van der Waals surface area contributed by atoms with Gasteiger partial charge in [-0.2, -0.15) is 0 Å². The van der Waals surface area contributed by atoms with Crippen LogP contribution < -0.4 is 10.0 Å². The van der Waals surface area contributed by atoms with Crippen molar-refractivity contribution in [2.24, 2.45) is 0 Å². The van der Waals surface area contributed by atoms with Gasteiger partial charge in [-0.3, -0.25) is 10.1 Å². The van der Waals surface area contributed by atoms with E-state index in [1.165, 1.54) is 12.1 Å².